The Morgan fingerprint density at radius 1 is 1.13 bits per heavy atom. The first-order valence-electron chi connectivity index (χ1n) is 10.1. The van der Waals surface area contributed by atoms with Crippen LogP contribution in [0.25, 0.3) is 0 Å². The summed E-state index contributed by atoms with van der Waals surface area (Å²) in [6.07, 6.45) is 1.12. The summed E-state index contributed by atoms with van der Waals surface area (Å²) in [6, 6.07) is 9.51. The number of hydrogen-bond donors (Lipinski definition) is 1. The van der Waals surface area contributed by atoms with Crippen LogP contribution in [-0.4, -0.2) is 33.1 Å². The number of carbonyl (C=O) groups excluding carboxylic acids is 2. The van der Waals surface area contributed by atoms with Gasteiger partial charge in [-0.2, -0.15) is 0 Å². The van der Waals surface area contributed by atoms with Crippen LogP contribution in [0.5, 0.6) is 11.5 Å². The molecule has 0 saturated carbocycles. The number of dihydropyridines is 1. The average Bonchev–Trinajstić information content (AvgIpc) is 3.32. The maximum atomic E-state index is 13.5. The first-order chi connectivity index (χ1) is 15.0. The van der Waals surface area contributed by atoms with Crippen LogP contribution in [0.1, 0.15) is 42.0 Å². The largest absolute Gasteiger partial charge is 0.497 e. The fourth-order valence-electron chi connectivity index (χ4n) is 4.51. The second-order valence-corrected chi connectivity index (χ2v) is 8.61. The molecule has 2 heterocycles. The van der Waals surface area contributed by atoms with Crippen molar-refractivity contribution in [3.8, 4) is 11.5 Å². The molecule has 0 saturated heterocycles. The fourth-order valence-corrected chi connectivity index (χ4v) is 5.34. The average molecular weight is 440 g/mol. The lowest BCUT2D eigenvalue weighted by Gasteiger charge is -2.36. The van der Waals surface area contributed by atoms with Crippen LogP contribution in [0.2, 0.25) is 0 Å². The smallest absolute Gasteiger partial charge is 0.336 e. The molecule has 0 unspecified atom stereocenters. The monoisotopic (exact) mass is 439 g/mol. The van der Waals surface area contributed by atoms with E-state index in [0.29, 0.717) is 41.2 Å². The van der Waals surface area contributed by atoms with Gasteiger partial charge in [0.05, 0.1) is 32.8 Å². The SMILES string of the molecule is COC(=O)C1=C(C)NC2=C(C(=O)C[C@@H](c3cccs3)C2)[C@H]1c1ccc(OC)cc1OC. The van der Waals surface area contributed by atoms with Gasteiger partial charge in [0.2, 0.25) is 0 Å². The highest BCUT2D eigenvalue weighted by Gasteiger charge is 2.42. The van der Waals surface area contributed by atoms with E-state index in [9.17, 15) is 9.59 Å². The summed E-state index contributed by atoms with van der Waals surface area (Å²) in [5.74, 6) is 0.319. The Balaban J connectivity index is 1.87. The number of carbonyl (C=O) groups is 2. The normalized spacial score (nSPS) is 20.8. The second kappa shape index (κ2) is 8.59. The van der Waals surface area contributed by atoms with Crippen LogP contribution in [-0.2, 0) is 14.3 Å². The van der Waals surface area contributed by atoms with Gasteiger partial charge in [-0.05, 0) is 30.9 Å². The summed E-state index contributed by atoms with van der Waals surface area (Å²) in [6.45, 7) is 1.85. The number of rotatable bonds is 5. The molecule has 6 nitrogen and oxygen atoms in total. The number of esters is 1. The zero-order valence-electron chi connectivity index (χ0n) is 18.0. The van der Waals surface area contributed by atoms with Crippen molar-refractivity contribution in [1.82, 2.24) is 5.32 Å². The number of thiophene rings is 1. The molecule has 2 aromatic rings. The van der Waals surface area contributed by atoms with E-state index in [-0.39, 0.29) is 11.7 Å². The first kappa shape index (κ1) is 21.2. The minimum Gasteiger partial charge on any atom is -0.497 e. The molecule has 2 aliphatic rings. The lowest BCUT2D eigenvalue weighted by atomic mass is 9.72. The Hall–Kier alpha value is -3.06. The molecule has 1 N–H and O–H groups in total. The van der Waals surface area contributed by atoms with E-state index in [2.05, 4.69) is 11.4 Å². The zero-order valence-corrected chi connectivity index (χ0v) is 18.8. The van der Waals surface area contributed by atoms with E-state index in [4.69, 9.17) is 14.2 Å². The Kier molecular flexibility index (Phi) is 5.87. The summed E-state index contributed by atoms with van der Waals surface area (Å²) >= 11 is 1.67. The van der Waals surface area contributed by atoms with E-state index in [1.165, 1.54) is 12.0 Å². The Morgan fingerprint density at radius 3 is 2.58 bits per heavy atom. The number of methoxy groups -OCH3 is 3. The van der Waals surface area contributed by atoms with E-state index >= 15 is 0 Å². The molecule has 7 heteroatoms. The van der Waals surface area contributed by atoms with E-state index < -0.39 is 11.9 Å². The molecule has 4 rings (SSSR count). The van der Waals surface area contributed by atoms with Gasteiger partial charge in [0.15, 0.2) is 5.78 Å². The molecule has 1 aliphatic heterocycles. The van der Waals surface area contributed by atoms with Crippen molar-refractivity contribution in [2.24, 2.45) is 0 Å². The molecule has 1 aliphatic carbocycles. The van der Waals surface area contributed by atoms with Crippen LogP contribution < -0.4 is 14.8 Å². The van der Waals surface area contributed by atoms with Gasteiger partial charge in [-0.3, -0.25) is 4.79 Å². The van der Waals surface area contributed by atoms with E-state index in [1.807, 2.05) is 30.5 Å². The summed E-state index contributed by atoms with van der Waals surface area (Å²) in [7, 11) is 4.50. The number of benzene rings is 1. The van der Waals surface area contributed by atoms with E-state index in [0.717, 1.165) is 11.3 Å². The predicted octanol–water partition coefficient (Wildman–Crippen LogP) is 4.30. The highest BCUT2D eigenvalue weighted by Crippen LogP contribution is 2.48. The molecule has 0 spiro atoms. The Labute approximate surface area is 185 Å². The number of nitrogens with one attached hydrogen (secondary N) is 1. The van der Waals surface area contributed by atoms with Crippen LogP contribution in [0, 0.1) is 0 Å². The molecule has 1 aromatic heterocycles. The predicted molar refractivity (Wildman–Crippen MR) is 118 cm³/mol. The summed E-state index contributed by atoms with van der Waals surface area (Å²) in [5.41, 5.74) is 3.32. The fraction of sp³-hybridized carbons (Fsp3) is 0.333. The van der Waals surface area contributed by atoms with Crippen molar-refractivity contribution in [2.45, 2.75) is 31.6 Å². The third-order valence-electron chi connectivity index (χ3n) is 5.93. The van der Waals surface area contributed by atoms with Crippen molar-refractivity contribution >= 4 is 23.1 Å². The van der Waals surface area contributed by atoms with E-state index in [1.54, 1.807) is 31.6 Å². The van der Waals surface area contributed by atoms with Crippen molar-refractivity contribution in [3.05, 3.63) is 68.7 Å². The van der Waals surface area contributed by atoms with Gasteiger partial charge in [-0.25, -0.2) is 4.79 Å². The molecule has 2 atom stereocenters. The number of hydrogen-bond acceptors (Lipinski definition) is 7. The number of allylic oxidation sites excluding steroid dienone is 3. The summed E-state index contributed by atoms with van der Waals surface area (Å²) in [5, 5.41) is 5.37. The van der Waals surface area contributed by atoms with Crippen LogP contribution in [0.15, 0.2) is 58.3 Å². The topological polar surface area (TPSA) is 73.9 Å². The summed E-state index contributed by atoms with van der Waals surface area (Å²) < 4.78 is 16.0. The minimum atomic E-state index is -0.568. The molecule has 0 amide bonds. The first-order valence-corrected chi connectivity index (χ1v) is 10.9. The van der Waals surface area contributed by atoms with Crippen molar-refractivity contribution in [3.63, 3.8) is 0 Å². The molecule has 162 valence electrons. The van der Waals surface area contributed by atoms with Gasteiger partial charge in [-0.1, -0.05) is 12.1 Å². The highest BCUT2D eigenvalue weighted by atomic mass is 32.1. The lowest BCUT2D eigenvalue weighted by molar-refractivity contribution is -0.136. The van der Waals surface area contributed by atoms with Crippen molar-refractivity contribution in [1.29, 1.82) is 0 Å². The molecule has 1 aromatic carbocycles. The molecule has 0 bridgehead atoms. The van der Waals surface area contributed by atoms with Gasteiger partial charge >= 0.3 is 5.97 Å². The minimum absolute atomic E-state index is 0.0314. The van der Waals surface area contributed by atoms with Crippen LogP contribution >= 0.6 is 11.3 Å². The molecule has 31 heavy (non-hydrogen) atoms. The third-order valence-corrected chi connectivity index (χ3v) is 6.96. The van der Waals surface area contributed by atoms with Gasteiger partial charge in [0, 0.05) is 45.8 Å². The standard InChI is InChI=1S/C24H25NO5S/c1-13-21(24(27)30-4)22(16-8-7-15(28-2)12-19(16)29-3)23-17(25-13)10-14(11-18(23)26)20-6-5-9-31-20/h5-9,12,14,22,25H,10-11H2,1-4H3/t14-,22-/m0/s1. The number of ketones is 1. The van der Waals surface area contributed by atoms with Crippen molar-refractivity contribution in [2.75, 3.05) is 21.3 Å². The number of Topliss-reactive ketones (excluding diaryl/α,β-unsaturated/α-hetero) is 1. The lowest BCUT2D eigenvalue weighted by Crippen LogP contribution is -2.36. The third kappa shape index (κ3) is 3.74. The molecule has 0 fully saturated rings. The van der Waals surface area contributed by atoms with Gasteiger partial charge in [-0.15, -0.1) is 11.3 Å². The summed E-state index contributed by atoms with van der Waals surface area (Å²) in [4.78, 5) is 27.5. The zero-order chi connectivity index (χ0) is 22.1. The van der Waals surface area contributed by atoms with Gasteiger partial charge in [0.25, 0.3) is 0 Å². The van der Waals surface area contributed by atoms with Gasteiger partial charge < -0.3 is 19.5 Å². The Morgan fingerprint density at radius 2 is 1.94 bits per heavy atom. The molecular formula is C24H25NO5S. The maximum absolute atomic E-state index is 13.5. The maximum Gasteiger partial charge on any atom is 0.336 e. The van der Waals surface area contributed by atoms with Crippen LogP contribution in [0.3, 0.4) is 0 Å². The Bertz CT molecular complexity index is 1080. The molecule has 0 radical (unpaired) electrons. The molecular weight excluding hydrogens is 414 g/mol. The van der Waals surface area contributed by atoms with Gasteiger partial charge in [0.1, 0.15) is 11.5 Å². The van der Waals surface area contributed by atoms with Crippen LogP contribution in [0.4, 0.5) is 0 Å². The number of ether oxygens (including phenoxy) is 3. The highest BCUT2D eigenvalue weighted by molar-refractivity contribution is 7.10. The second-order valence-electron chi connectivity index (χ2n) is 7.63. The van der Waals surface area contributed by atoms with Crippen molar-refractivity contribution < 1.29 is 23.8 Å². The quantitative estimate of drug-likeness (QED) is 0.701.